The monoisotopic (exact) mass is 316 g/mol. The van der Waals surface area contributed by atoms with Crippen LogP contribution in [0, 0.1) is 0 Å². The van der Waals surface area contributed by atoms with Crippen molar-refractivity contribution in [2.75, 3.05) is 14.2 Å². The van der Waals surface area contributed by atoms with Crippen LogP contribution < -0.4 is 0 Å². The Morgan fingerprint density at radius 1 is 1.00 bits per heavy atom. The number of hydrogen-bond donors (Lipinski definition) is 0. The minimum Gasteiger partial charge on any atom is -0.467 e. The van der Waals surface area contributed by atoms with Crippen molar-refractivity contribution in [3.8, 4) is 0 Å². The zero-order valence-electron chi connectivity index (χ0n) is 12.5. The summed E-state index contributed by atoms with van der Waals surface area (Å²) in [5.74, 6) is -3.57. The van der Waals surface area contributed by atoms with Gasteiger partial charge in [-0.1, -0.05) is 0 Å². The number of hydrogen-bond acceptors (Lipinski definition) is 9. The lowest BCUT2D eigenvalue weighted by Crippen LogP contribution is -2.51. The number of ether oxygens (including phenoxy) is 5. The van der Waals surface area contributed by atoms with E-state index in [1.165, 1.54) is 0 Å². The van der Waals surface area contributed by atoms with Gasteiger partial charge in [0, 0.05) is 19.9 Å². The molecule has 0 fully saturated rings. The Balaban J connectivity index is 3.21. The fraction of sp³-hybridized carbons (Fsp3) is 0.538. The van der Waals surface area contributed by atoms with Gasteiger partial charge in [0.25, 0.3) is 0 Å². The van der Waals surface area contributed by atoms with Gasteiger partial charge in [-0.3, -0.25) is 9.59 Å². The summed E-state index contributed by atoms with van der Waals surface area (Å²) in [6, 6.07) is 0. The lowest BCUT2D eigenvalue weighted by Gasteiger charge is -2.33. The van der Waals surface area contributed by atoms with Crippen LogP contribution in [0.25, 0.3) is 0 Å². The molecule has 0 N–H and O–H groups in total. The second-order valence-corrected chi connectivity index (χ2v) is 4.23. The summed E-state index contributed by atoms with van der Waals surface area (Å²) in [7, 11) is 2.20. The third-order valence-corrected chi connectivity index (χ3v) is 2.62. The zero-order valence-corrected chi connectivity index (χ0v) is 12.5. The summed E-state index contributed by atoms with van der Waals surface area (Å²) in [6.07, 6.45) is -2.87. The molecule has 1 heterocycles. The molecule has 0 radical (unpaired) electrons. The van der Waals surface area contributed by atoms with Crippen LogP contribution in [0.5, 0.6) is 0 Å². The van der Waals surface area contributed by atoms with E-state index in [1.54, 1.807) is 0 Å². The van der Waals surface area contributed by atoms with Crippen LogP contribution in [0.1, 0.15) is 13.8 Å². The molecule has 1 rings (SSSR count). The molecular weight excluding hydrogens is 300 g/mol. The smallest absolute Gasteiger partial charge is 0.373 e. The highest BCUT2D eigenvalue weighted by molar-refractivity contribution is 5.88. The van der Waals surface area contributed by atoms with Crippen LogP contribution in [0.15, 0.2) is 11.8 Å². The predicted octanol–water partition coefficient (Wildman–Crippen LogP) is -0.521. The molecule has 0 spiro atoms. The average Bonchev–Trinajstić information content (AvgIpc) is 2.46. The van der Waals surface area contributed by atoms with E-state index in [9.17, 15) is 19.2 Å². The first-order valence-corrected chi connectivity index (χ1v) is 6.19. The van der Waals surface area contributed by atoms with Crippen LogP contribution in [0.4, 0.5) is 0 Å². The van der Waals surface area contributed by atoms with Crippen LogP contribution >= 0.6 is 0 Å². The molecule has 0 bridgehead atoms. The van der Waals surface area contributed by atoms with Gasteiger partial charge in [0.2, 0.25) is 11.9 Å². The maximum Gasteiger partial charge on any atom is 0.373 e. The Hall–Kier alpha value is -2.58. The second kappa shape index (κ2) is 7.43. The largest absolute Gasteiger partial charge is 0.467 e. The Kier molecular flexibility index (Phi) is 5.90. The molecule has 0 aliphatic carbocycles. The van der Waals surface area contributed by atoms with Crippen molar-refractivity contribution in [2.24, 2.45) is 0 Å². The van der Waals surface area contributed by atoms with Crippen molar-refractivity contribution in [2.45, 2.75) is 32.2 Å². The average molecular weight is 316 g/mol. The van der Waals surface area contributed by atoms with Gasteiger partial charge in [0.05, 0.1) is 14.2 Å². The quantitative estimate of drug-likeness (QED) is 0.499. The van der Waals surface area contributed by atoms with Gasteiger partial charge in [-0.2, -0.15) is 0 Å². The fourth-order valence-corrected chi connectivity index (χ4v) is 1.79. The van der Waals surface area contributed by atoms with E-state index in [-0.39, 0.29) is 5.76 Å². The third kappa shape index (κ3) is 4.21. The van der Waals surface area contributed by atoms with Crippen molar-refractivity contribution in [3.63, 3.8) is 0 Å². The lowest BCUT2D eigenvalue weighted by atomic mass is 10.0. The number of carbonyl (C=O) groups excluding carboxylic acids is 4. The molecule has 0 aromatic carbocycles. The molecule has 0 saturated heterocycles. The van der Waals surface area contributed by atoms with Crippen molar-refractivity contribution in [1.29, 1.82) is 0 Å². The Bertz CT molecular complexity index is 508. The maximum atomic E-state index is 11.8. The molecule has 9 heteroatoms. The van der Waals surface area contributed by atoms with E-state index in [1.807, 2.05) is 0 Å². The van der Waals surface area contributed by atoms with E-state index < -0.39 is 42.2 Å². The molecule has 0 aromatic heterocycles. The first-order chi connectivity index (χ1) is 10.3. The fourth-order valence-electron chi connectivity index (χ4n) is 1.79. The van der Waals surface area contributed by atoms with Crippen LogP contribution in [0.3, 0.4) is 0 Å². The molecule has 0 amide bonds. The summed E-state index contributed by atoms with van der Waals surface area (Å²) in [6.45, 7) is 2.23. The first kappa shape index (κ1) is 17.5. The maximum absolute atomic E-state index is 11.8. The molecule has 1 aliphatic heterocycles. The number of esters is 4. The highest BCUT2D eigenvalue weighted by atomic mass is 16.6. The van der Waals surface area contributed by atoms with Gasteiger partial charge in [0.15, 0.2) is 12.2 Å². The molecule has 0 aromatic rings. The van der Waals surface area contributed by atoms with Gasteiger partial charge >= 0.3 is 23.9 Å². The Morgan fingerprint density at radius 2 is 1.59 bits per heavy atom. The van der Waals surface area contributed by atoms with E-state index in [4.69, 9.17) is 14.2 Å². The minimum absolute atomic E-state index is 0.354. The van der Waals surface area contributed by atoms with E-state index in [0.717, 1.165) is 34.1 Å². The van der Waals surface area contributed by atoms with E-state index >= 15 is 0 Å². The molecule has 3 atom stereocenters. The van der Waals surface area contributed by atoms with Gasteiger partial charge in [0.1, 0.15) is 0 Å². The summed E-state index contributed by atoms with van der Waals surface area (Å²) in [4.78, 5) is 45.7. The van der Waals surface area contributed by atoms with Crippen LogP contribution in [-0.2, 0) is 42.9 Å². The van der Waals surface area contributed by atoms with Crippen molar-refractivity contribution < 1.29 is 42.9 Å². The van der Waals surface area contributed by atoms with Gasteiger partial charge in [-0.25, -0.2) is 9.59 Å². The van der Waals surface area contributed by atoms with Crippen molar-refractivity contribution in [1.82, 2.24) is 0 Å². The third-order valence-electron chi connectivity index (χ3n) is 2.62. The highest BCUT2D eigenvalue weighted by Crippen LogP contribution is 2.25. The Labute approximate surface area is 126 Å². The van der Waals surface area contributed by atoms with Gasteiger partial charge < -0.3 is 23.7 Å². The molecule has 0 saturated carbocycles. The highest BCUT2D eigenvalue weighted by Gasteiger charge is 2.46. The standard InChI is InChI=1S/C13H16O9/c1-6(14)20-8-5-9(12(16)18-3)22-11(13(17)19-4)10(8)21-7(2)15/h5,8,10-11H,1-4H3/t8-,10+,11-/m0/s1. The predicted molar refractivity (Wildman–Crippen MR) is 68.1 cm³/mol. The van der Waals surface area contributed by atoms with E-state index in [2.05, 4.69) is 9.47 Å². The summed E-state index contributed by atoms with van der Waals surface area (Å²) in [5, 5.41) is 0. The minimum atomic E-state index is -1.47. The lowest BCUT2D eigenvalue weighted by molar-refractivity contribution is -0.187. The first-order valence-electron chi connectivity index (χ1n) is 6.19. The van der Waals surface area contributed by atoms with Gasteiger partial charge in [-0.05, 0) is 0 Å². The molecule has 0 unspecified atom stereocenters. The van der Waals surface area contributed by atoms with Crippen LogP contribution in [0.2, 0.25) is 0 Å². The van der Waals surface area contributed by atoms with Crippen LogP contribution in [-0.4, -0.2) is 56.4 Å². The van der Waals surface area contributed by atoms with Gasteiger partial charge in [-0.15, -0.1) is 0 Å². The summed E-state index contributed by atoms with van der Waals surface area (Å²) in [5.41, 5.74) is 0. The summed E-state index contributed by atoms with van der Waals surface area (Å²) >= 11 is 0. The molecule has 1 aliphatic rings. The number of rotatable bonds is 4. The SMILES string of the molecule is COC(=O)C1=C[C@H](OC(C)=O)[C@@H](OC(C)=O)[C@@H](C(=O)OC)O1. The molecule has 22 heavy (non-hydrogen) atoms. The number of methoxy groups -OCH3 is 2. The topological polar surface area (TPSA) is 114 Å². The molecule has 122 valence electrons. The van der Waals surface area contributed by atoms with Crippen molar-refractivity contribution >= 4 is 23.9 Å². The van der Waals surface area contributed by atoms with Crippen molar-refractivity contribution in [3.05, 3.63) is 11.8 Å². The number of carbonyl (C=O) groups is 4. The van der Waals surface area contributed by atoms with E-state index in [0.29, 0.717) is 0 Å². The Morgan fingerprint density at radius 3 is 2.05 bits per heavy atom. The molecule has 9 nitrogen and oxygen atoms in total. The zero-order chi connectivity index (χ0) is 16.9. The second-order valence-electron chi connectivity index (χ2n) is 4.23. The molecular formula is C13H16O9. The summed E-state index contributed by atoms with van der Waals surface area (Å²) < 4.78 is 24.1. The normalized spacial score (nSPS) is 23.5.